The summed E-state index contributed by atoms with van der Waals surface area (Å²) in [5.74, 6) is 1.44. The molecule has 0 unspecified atom stereocenters. The lowest BCUT2D eigenvalue weighted by Crippen LogP contribution is -2.03. The number of hydrogen-bond acceptors (Lipinski definition) is 7. The average Bonchev–Trinajstić information content (AvgIpc) is 3.06. The number of aromatic nitrogens is 3. The third kappa shape index (κ3) is 3.45. The van der Waals surface area contributed by atoms with Crippen molar-refractivity contribution in [2.45, 2.75) is 17.8 Å². The second-order valence-corrected chi connectivity index (χ2v) is 6.46. The molecule has 2 aromatic heterocycles. The van der Waals surface area contributed by atoms with Crippen molar-refractivity contribution >= 4 is 28.8 Å². The highest BCUT2D eigenvalue weighted by atomic mass is 32.2. The van der Waals surface area contributed by atoms with Crippen LogP contribution in [0.2, 0.25) is 0 Å². The quantitative estimate of drug-likeness (QED) is 0.524. The highest BCUT2D eigenvalue weighted by Gasteiger charge is 2.15. The van der Waals surface area contributed by atoms with Crippen LogP contribution in [0.5, 0.6) is 11.5 Å². The van der Waals surface area contributed by atoms with Gasteiger partial charge in [0.25, 0.3) is 0 Å². The topological polar surface area (TPSA) is 86.3 Å². The van der Waals surface area contributed by atoms with Crippen molar-refractivity contribution in [3.05, 3.63) is 41.2 Å². The van der Waals surface area contributed by atoms with Crippen molar-refractivity contribution in [2.75, 3.05) is 21.3 Å². The molecule has 0 fully saturated rings. The molecule has 2 heterocycles. The predicted molar refractivity (Wildman–Crippen MR) is 99.1 cm³/mol. The van der Waals surface area contributed by atoms with E-state index in [0.29, 0.717) is 28.3 Å². The van der Waals surface area contributed by atoms with Crippen molar-refractivity contribution in [3.8, 4) is 11.5 Å². The van der Waals surface area contributed by atoms with Crippen molar-refractivity contribution < 1.29 is 19.0 Å². The summed E-state index contributed by atoms with van der Waals surface area (Å²) in [5, 5.41) is 0.730. The van der Waals surface area contributed by atoms with Crippen LogP contribution >= 0.6 is 11.8 Å². The van der Waals surface area contributed by atoms with Crippen LogP contribution in [0.3, 0.4) is 0 Å². The summed E-state index contributed by atoms with van der Waals surface area (Å²) in [4.78, 5) is 24.0. The van der Waals surface area contributed by atoms with Gasteiger partial charge in [0, 0.05) is 18.0 Å². The molecule has 7 nitrogen and oxygen atoms in total. The molecule has 1 aromatic carbocycles. The van der Waals surface area contributed by atoms with Crippen molar-refractivity contribution in [1.82, 2.24) is 15.0 Å². The summed E-state index contributed by atoms with van der Waals surface area (Å²) in [6.07, 6.45) is 1.68. The minimum Gasteiger partial charge on any atom is -0.493 e. The van der Waals surface area contributed by atoms with Crippen LogP contribution in [0.4, 0.5) is 0 Å². The maximum absolute atomic E-state index is 11.8. The summed E-state index contributed by atoms with van der Waals surface area (Å²) in [6, 6.07) is 5.38. The van der Waals surface area contributed by atoms with E-state index >= 15 is 0 Å². The minimum atomic E-state index is -0.369. The highest BCUT2D eigenvalue weighted by Crippen LogP contribution is 2.33. The predicted octanol–water partition coefficient (Wildman–Crippen LogP) is 3.36. The van der Waals surface area contributed by atoms with Crippen LogP contribution in [0, 0.1) is 6.92 Å². The number of benzene rings is 1. The first kappa shape index (κ1) is 18.1. The van der Waals surface area contributed by atoms with Gasteiger partial charge in [0.05, 0.1) is 43.6 Å². The van der Waals surface area contributed by atoms with Crippen LogP contribution in [0.15, 0.2) is 29.6 Å². The van der Waals surface area contributed by atoms with E-state index < -0.39 is 0 Å². The number of imidazole rings is 1. The van der Waals surface area contributed by atoms with E-state index in [-0.39, 0.29) is 5.97 Å². The Morgan fingerprint density at radius 3 is 2.73 bits per heavy atom. The monoisotopic (exact) mass is 373 g/mol. The van der Waals surface area contributed by atoms with E-state index in [4.69, 9.17) is 14.2 Å². The number of methoxy groups -OCH3 is 3. The average molecular weight is 373 g/mol. The number of nitrogens with one attached hydrogen (secondary N) is 1. The molecule has 0 aliphatic carbocycles. The molecule has 0 saturated carbocycles. The summed E-state index contributed by atoms with van der Waals surface area (Å²) in [6.45, 7) is 1.87. The van der Waals surface area contributed by atoms with E-state index in [1.165, 1.54) is 18.9 Å². The Labute approximate surface area is 155 Å². The SMILES string of the molecule is COC(=O)c1cc2nc(SCc3nccc(OC)c3OC)[nH]c2cc1C. The third-order valence-electron chi connectivity index (χ3n) is 3.92. The molecule has 26 heavy (non-hydrogen) atoms. The zero-order valence-corrected chi connectivity index (χ0v) is 15.8. The van der Waals surface area contributed by atoms with Crippen LogP contribution in [0.1, 0.15) is 21.6 Å². The van der Waals surface area contributed by atoms with Gasteiger partial charge in [0.2, 0.25) is 0 Å². The molecule has 0 bridgehead atoms. The molecule has 0 spiro atoms. The Hall–Kier alpha value is -2.74. The second-order valence-electron chi connectivity index (χ2n) is 5.50. The Bertz CT molecular complexity index is 955. The number of ether oxygens (including phenoxy) is 3. The van der Waals surface area contributed by atoms with E-state index in [1.54, 1.807) is 32.5 Å². The fourth-order valence-electron chi connectivity index (χ4n) is 2.63. The van der Waals surface area contributed by atoms with Gasteiger partial charge < -0.3 is 19.2 Å². The molecular formula is C18H19N3O4S. The number of H-pyrrole nitrogens is 1. The molecule has 0 atom stereocenters. The molecule has 3 rings (SSSR count). The Morgan fingerprint density at radius 2 is 2.04 bits per heavy atom. The summed E-state index contributed by atoms with van der Waals surface area (Å²) in [5.41, 5.74) is 3.69. The second kappa shape index (κ2) is 7.65. The van der Waals surface area contributed by atoms with Gasteiger partial charge in [-0.3, -0.25) is 4.98 Å². The molecule has 136 valence electrons. The maximum atomic E-state index is 11.8. The number of rotatable bonds is 6. The first-order chi connectivity index (χ1) is 12.6. The molecule has 0 aliphatic rings. The minimum absolute atomic E-state index is 0.369. The number of aryl methyl sites for hydroxylation is 1. The number of esters is 1. The number of carbonyl (C=O) groups is 1. The van der Waals surface area contributed by atoms with E-state index in [9.17, 15) is 4.79 Å². The first-order valence-corrected chi connectivity index (χ1v) is 8.83. The van der Waals surface area contributed by atoms with E-state index in [1.807, 2.05) is 13.0 Å². The molecular weight excluding hydrogens is 354 g/mol. The van der Waals surface area contributed by atoms with Gasteiger partial charge >= 0.3 is 5.97 Å². The van der Waals surface area contributed by atoms with Crippen molar-refractivity contribution in [2.24, 2.45) is 0 Å². The zero-order chi connectivity index (χ0) is 18.7. The lowest BCUT2D eigenvalue weighted by molar-refractivity contribution is 0.0600. The van der Waals surface area contributed by atoms with Gasteiger partial charge in [-0.05, 0) is 24.6 Å². The Balaban J connectivity index is 1.85. The first-order valence-electron chi connectivity index (χ1n) is 7.84. The number of hydrogen-bond donors (Lipinski definition) is 1. The van der Waals surface area contributed by atoms with Gasteiger partial charge in [-0.15, -0.1) is 0 Å². The number of pyridine rings is 1. The molecule has 0 radical (unpaired) electrons. The number of fused-ring (bicyclic) bond motifs is 1. The molecule has 1 N–H and O–H groups in total. The summed E-state index contributed by atoms with van der Waals surface area (Å²) >= 11 is 1.49. The maximum Gasteiger partial charge on any atom is 0.338 e. The van der Waals surface area contributed by atoms with Crippen LogP contribution < -0.4 is 9.47 Å². The largest absolute Gasteiger partial charge is 0.493 e. The Kier molecular flexibility index (Phi) is 5.32. The molecule has 0 amide bonds. The van der Waals surface area contributed by atoms with Gasteiger partial charge in [0.15, 0.2) is 16.7 Å². The number of nitrogens with zero attached hydrogens (tertiary/aromatic N) is 2. The number of aromatic amines is 1. The third-order valence-corrected chi connectivity index (χ3v) is 4.81. The smallest absolute Gasteiger partial charge is 0.338 e. The summed E-state index contributed by atoms with van der Waals surface area (Å²) in [7, 11) is 4.55. The van der Waals surface area contributed by atoms with Gasteiger partial charge in [-0.2, -0.15) is 0 Å². The number of thioether (sulfide) groups is 1. The normalized spacial score (nSPS) is 10.8. The molecule has 0 aliphatic heterocycles. The Morgan fingerprint density at radius 1 is 1.23 bits per heavy atom. The van der Waals surface area contributed by atoms with E-state index in [2.05, 4.69) is 15.0 Å². The number of carbonyl (C=O) groups excluding carboxylic acids is 1. The van der Waals surface area contributed by atoms with Crippen molar-refractivity contribution in [3.63, 3.8) is 0 Å². The lowest BCUT2D eigenvalue weighted by atomic mass is 10.1. The molecule has 3 aromatic rings. The highest BCUT2D eigenvalue weighted by molar-refractivity contribution is 7.98. The van der Waals surface area contributed by atoms with Crippen LogP contribution in [-0.4, -0.2) is 42.3 Å². The fourth-order valence-corrected chi connectivity index (χ4v) is 3.45. The van der Waals surface area contributed by atoms with Gasteiger partial charge in [-0.1, -0.05) is 11.8 Å². The van der Waals surface area contributed by atoms with Crippen LogP contribution in [-0.2, 0) is 10.5 Å². The van der Waals surface area contributed by atoms with Crippen molar-refractivity contribution in [1.29, 1.82) is 0 Å². The lowest BCUT2D eigenvalue weighted by Gasteiger charge is -2.10. The molecule has 8 heteroatoms. The van der Waals surface area contributed by atoms with Crippen LogP contribution in [0.25, 0.3) is 11.0 Å². The zero-order valence-electron chi connectivity index (χ0n) is 15.0. The van der Waals surface area contributed by atoms with Gasteiger partial charge in [0.1, 0.15) is 0 Å². The van der Waals surface area contributed by atoms with Gasteiger partial charge in [-0.25, -0.2) is 9.78 Å². The summed E-state index contributed by atoms with van der Waals surface area (Å²) < 4.78 is 15.5. The standard InChI is InChI=1S/C18H19N3O4S/c1-10-7-12-13(8-11(10)17(22)25-4)21-18(20-12)26-9-14-16(24-3)15(23-2)5-6-19-14/h5-8H,9H2,1-4H3,(H,20,21). The fraction of sp³-hybridized carbons (Fsp3) is 0.278. The van der Waals surface area contributed by atoms with E-state index in [0.717, 1.165) is 21.9 Å². The molecule has 0 saturated heterocycles.